The van der Waals surface area contributed by atoms with Gasteiger partial charge in [-0.05, 0) is 42.4 Å². The molecule has 0 amide bonds. The molecule has 0 saturated carbocycles. The van der Waals surface area contributed by atoms with E-state index in [1.54, 1.807) is 0 Å². The molecule has 0 unspecified atom stereocenters. The summed E-state index contributed by atoms with van der Waals surface area (Å²) in [5, 5.41) is 9.37. The Morgan fingerprint density at radius 2 is 1.56 bits per heavy atom. The molecule has 1 N–H and O–H groups in total. The molecule has 1 heteroatoms. The number of aliphatic hydroxyl groups is 1. The van der Waals surface area contributed by atoms with Crippen LogP contribution in [0.15, 0.2) is 18.2 Å². The lowest BCUT2D eigenvalue weighted by atomic mass is 9.93. The monoisotopic (exact) mass is 220 g/mol. The van der Waals surface area contributed by atoms with Crippen LogP contribution in [0, 0.1) is 0 Å². The molecule has 1 nitrogen and oxygen atoms in total. The van der Waals surface area contributed by atoms with Crippen LogP contribution in [-0.2, 0) is 19.4 Å². The number of hydrogen-bond donors (Lipinski definition) is 1. The molecule has 0 aliphatic carbocycles. The summed E-state index contributed by atoms with van der Waals surface area (Å²) in [4.78, 5) is 0. The number of unbranched alkanes of at least 4 members (excludes halogenated alkanes) is 2. The van der Waals surface area contributed by atoms with Crippen molar-refractivity contribution in [2.24, 2.45) is 0 Å². The number of aliphatic hydroxyl groups excluding tert-OH is 1. The van der Waals surface area contributed by atoms with Gasteiger partial charge in [-0.15, -0.1) is 0 Å². The van der Waals surface area contributed by atoms with E-state index in [0.29, 0.717) is 0 Å². The van der Waals surface area contributed by atoms with Crippen LogP contribution >= 0.6 is 0 Å². The molecule has 0 heterocycles. The molecular weight excluding hydrogens is 196 g/mol. The molecule has 0 spiro atoms. The summed E-state index contributed by atoms with van der Waals surface area (Å²) < 4.78 is 0. The van der Waals surface area contributed by atoms with Crippen LogP contribution in [0.1, 0.15) is 56.2 Å². The van der Waals surface area contributed by atoms with Crippen molar-refractivity contribution in [1.29, 1.82) is 0 Å². The van der Waals surface area contributed by atoms with Crippen molar-refractivity contribution in [2.75, 3.05) is 0 Å². The maximum Gasteiger partial charge on any atom is 0.0684 e. The molecule has 1 aromatic rings. The standard InChI is InChI=1S/C15H24O/c1-3-5-8-13-9-7-10-14(12-16)15(13)11-6-4-2/h7,9-10,16H,3-6,8,11-12H2,1-2H3. The molecule has 90 valence electrons. The molecule has 0 saturated heterocycles. The highest BCUT2D eigenvalue weighted by Gasteiger charge is 2.06. The van der Waals surface area contributed by atoms with Crippen molar-refractivity contribution in [3.8, 4) is 0 Å². The lowest BCUT2D eigenvalue weighted by molar-refractivity contribution is 0.280. The largest absolute Gasteiger partial charge is 0.392 e. The van der Waals surface area contributed by atoms with Crippen molar-refractivity contribution < 1.29 is 5.11 Å². The molecule has 0 bridgehead atoms. The number of aryl methyl sites for hydroxylation is 1. The molecule has 0 aliphatic rings. The molecule has 0 radical (unpaired) electrons. The Morgan fingerprint density at radius 1 is 0.938 bits per heavy atom. The third kappa shape index (κ3) is 3.64. The molecule has 1 aromatic carbocycles. The van der Waals surface area contributed by atoms with Crippen LogP contribution in [0.25, 0.3) is 0 Å². The van der Waals surface area contributed by atoms with Gasteiger partial charge >= 0.3 is 0 Å². The van der Waals surface area contributed by atoms with Gasteiger partial charge in [-0.2, -0.15) is 0 Å². The van der Waals surface area contributed by atoms with Gasteiger partial charge in [0.1, 0.15) is 0 Å². The minimum atomic E-state index is 0.180. The van der Waals surface area contributed by atoms with Gasteiger partial charge in [-0.3, -0.25) is 0 Å². The quantitative estimate of drug-likeness (QED) is 0.739. The zero-order chi connectivity index (χ0) is 11.8. The maximum atomic E-state index is 9.37. The number of rotatable bonds is 7. The Morgan fingerprint density at radius 3 is 2.19 bits per heavy atom. The van der Waals surface area contributed by atoms with Crippen molar-refractivity contribution in [1.82, 2.24) is 0 Å². The summed E-state index contributed by atoms with van der Waals surface area (Å²) in [5.74, 6) is 0. The first-order valence-electron chi connectivity index (χ1n) is 6.54. The van der Waals surface area contributed by atoms with Gasteiger partial charge in [0.15, 0.2) is 0 Å². The summed E-state index contributed by atoms with van der Waals surface area (Å²) in [5.41, 5.74) is 3.98. The Labute approximate surface area is 99.5 Å². The van der Waals surface area contributed by atoms with E-state index < -0.39 is 0 Å². The van der Waals surface area contributed by atoms with Crippen molar-refractivity contribution >= 4 is 0 Å². The zero-order valence-electron chi connectivity index (χ0n) is 10.6. The van der Waals surface area contributed by atoms with Crippen LogP contribution < -0.4 is 0 Å². The van der Waals surface area contributed by atoms with Crippen LogP contribution in [0.5, 0.6) is 0 Å². The lowest BCUT2D eigenvalue weighted by Gasteiger charge is -2.13. The fourth-order valence-corrected chi connectivity index (χ4v) is 2.11. The minimum absolute atomic E-state index is 0.180. The van der Waals surface area contributed by atoms with Crippen LogP contribution in [0.4, 0.5) is 0 Å². The van der Waals surface area contributed by atoms with E-state index in [-0.39, 0.29) is 6.61 Å². The summed E-state index contributed by atoms with van der Waals surface area (Å²) in [6.07, 6.45) is 7.18. The SMILES string of the molecule is CCCCc1cccc(CO)c1CCCC. The third-order valence-corrected chi connectivity index (χ3v) is 3.12. The van der Waals surface area contributed by atoms with E-state index >= 15 is 0 Å². The highest BCUT2D eigenvalue weighted by atomic mass is 16.3. The molecular formula is C15H24O. The molecule has 1 rings (SSSR count). The second kappa shape index (κ2) is 7.45. The van der Waals surface area contributed by atoms with Crippen LogP contribution in [-0.4, -0.2) is 5.11 Å². The molecule has 0 atom stereocenters. The highest BCUT2D eigenvalue weighted by Crippen LogP contribution is 2.19. The van der Waals surface area contributed by atoms with Crippen molar-refractivity contribution in [3.63, 3.8) is 0 Å². The zero-order valence-corrected chi connectivity index (χ0v) is 10.6. The summed E-state index contributed by atoms with van der Waals surface area (Å²) >= 11 is 0. The Bertz CT molecular complexity index is 304. The summed E-state index contributed by atoms with van der Waals surface area (Å²) in [6.45, 7) is 4.62. The van der Waals surface area contributed by atoms with E-state index in [9.17, 15) is 5.11 Å². The lowest BCUT2D eigenvalue weighted by Crippen LogP contribution is -2.00. The van der Waals surface area contributed by atoms with E-state index in [1.165, 1.54) is 36.8 Å². The number of hydrogen-bond acceptors (Lipinski definition) is 1. The fraction of sp³-hybridized carbons (Fsp3) is 0.600. The van der Waals surface area contributed by atoms with Crippen LogP contribution in [0.2, 0.25) is 0 Å². The van der Waals surface area contributed by atoms with Crippen molar-refractivity contribution in [2.45, 2.75) is 59.0 Å². The van der Waals surface area contributed by atoms with Gasteiger partial charge in [0, 0.05) is 0 Å². The Kier molecular flexibility index (Phi) is 6.17. The summed E-state index contributed by atoms with van der Waals surface area (Å²) in [7, 11) is 0. The number of benzene rings is 1. The van der Waals surface area contributed by atoms with E-state index in [1.807, 2.05) is 0 Å². The normalized spacial score (nSPS) is 10.7. The van der Waals surface area contributed by atoms with Crippen LogP contribution in [0.3, 0.4) is 0 Å². The second-order valence-electron chi connectivity index (χ2n) is 4.42. The van der Waals surface area contributed by atoms with E-state index in [2.05, 4.69) is 32.0 Å². The average Bonchev–Trinajstić information content (AvgIpc) is 2.33. The summed E-state index contributed by atoms with van der Waals surface area (Å²) in [6, 6.07) is 6.35. The van der Waals surface area contributed by atoms with Crippen molar-refractivity contribution in [3.05, 3.63) is 34.9 Å². The highest BCUT2D eigenvalue weighted by molar-refractivity contribution is 5.35. The van der Waals surface area contributed by atoms with Gasteiger partial charge < -0.3 is 5.11 Å². The fourth-order valence-electron chi connectivity index (χ4n) is 2.11. The van der Waals surface area contributed by atoms with Gasteiger partial charge in [0.25, 0.3) is 0 Å². The van der Waals surface area contributed by atoms with E-state index in [0.717, 1.165) is 18.4 Å². The third-order valence-electron chi connectivity index (χ3n) is 3.12. The molecule has 0 aromatic heterocycles. The Balaban J connectivity index is 2.86. The Hall–Kier alpha value is -0.820. The first-order valence-corrected chi connectivity index (χ1v) is 6.54. The predicted octanol–water partition coefficient (Wildman–Crippen LogP) is 3.86. The molecule has 16 heavy (non-hydrogen) atoms. The molecule has 0 aliphatic heterocycles. The first-order chi connectivity index (χ1) is 7.83. The topological polar surface area (TPSA) is 20.2 Å². The van der Waals surface area contributed by atoms with Gasteiger partial charge in [0.05, 0.1) is 6.61 Å². The van der Waals surface area contributed by atoms with Gasteiger partial charge in [-0.1, -0.05) is 44.9 Å². The predicted molar refractivity (Wildman–Crippen MR) is 69.6 cm³/mol. The second-order valence-corrected chi connectivity index (χ2v) is 4.42. The van der Waals surface area contributed by atoms with Gasteiger partial charge in [0.2, 0.25) is 0 Å². The minimum Gasteiger partial charge on any atom is -0.392 e. The maximum absolute atomic E-state index is 9.37. The molecule has 0 fully saturated rings. The van der Waals surface area contributed by atoms with E-state index in [4.69, 9.17) is 0 Å². The first kappa shape index (κ1) is 13.2. The van der Waals surface area contributed by atoms with Gasteiger partial charge in [-0.25, -0.2) is 0 Å². The average molecular weight is 220 g/mol. The smallest absolute Gasteiger partial charge is 0.0684 e.